The first-order valence-corrected chi connectivity index (χ1v) is 40.5. The number of nitrogens with zero attached hydrogens (tertiary/aromatic N) is 8. The van der Waals surface area contributed by atoms with Gasteiger partial charge in [-0.25, -0.2) is 29.9 Å². The monoisotopic (exact) mass is 1520 g/mol. The van der Waals surface area contributed by atoms with Crippen LogP contribution in [0.1, 0.15) is 25.0 Å². The highest BCUT2D eigenvalue weighted by Gasteiger charge is 2.36. The highest BCUT2D eigenvalue weighted by Crippen LogP contribution is 2.50. The molecule has 1 aliphatic rings. The lowest BCUT2D eigenvalue weighted by Crippen LogP contribution is -2.15. The predicted molar refractivity (Wildman–Crippen MR) is 493 cm³/mol. The van der Waals surface area contributed by atoms with E-state index in [1.807, 2.05) is 36.4 Å². The summed E-state index contributed by atoms with van der Waals surface area (Å²) in [7, 11) is 0. The van der Waals surface area contributed by atoms with Crippen molar-refractivity contribution in [2.24, 2.45) is 0 Å². The molecular weight excluding hydrogens is 1450 g/mol. The second-order valence-electron chi connectivity index (χ2n) is 31.3. The summed E-state index contributed by atoms with van der Waals surface area (Å²) in [6.07, 6.45) is 0. The van der Waals surface area contributed by atoms with Crippen molar-refractivity contribution < 1.29 is 0 Å². The van der Waals surface area contributed by atoms with E-state index < -0.39 is 0 Å². The number of hydrogen-bond acceptors (Lipinski definition) is 6. The molecule has 0 bridgehead atoms. The molecule has 119 heavy (non-hydrogen) atoms. The van der Waals surface area contributed by atoms with Gasteiger partial charge in [0.2, 0.25) is 0 Å². The molecule has 8 nitrogen and oxygen atoms in total. The molecule has 18 aromatic carbocycles. The predicted octanol–water partition coefficient (Wildman–Crippen LogP) is 28.4. The van der Waals surface area contributed by atoms with Crippen molar-refractivity contribution in [3.05, 3.63) is 424 Å². The summed E-state index contributed by atoms with van der Waals surface area (Å²) in [4.78, 5) is 30.4. The van der Waals surface area contributed by atoms with E-state index >= 15 is 0 Å². The fraction of sp³-hybridized carbons (Fsp3) is 0.0270. The van der Waals surface area contributed by atoms with Crippen LogP contribution in [0.4, 0.5) is 0 Å². The average molecular weight is 1520 g/mol. The maximum absolute atomic E-state index is 5.14. The summed E-state index contributed by atoms with van der Waals surface area (Å²) in [5.41, 5.74) is 27.2. The molecule has 1 aliphatic carbocycles. The molecule has 0 saturated heterocycles. The van der Waals surface area contributed by atoms with E-state index in [2.05, 4.69) is 399 Å². The minimum Gasteiger partial charge on any atom is -0.309 e. The van der Waals surface area contributed by atoms with E-state index in [0.717, 1.165) is 67.0 Å². The standard InChI is InChI=1S/C57H36N4.C54H38N4/c1-3-13-37(14-4-1)42-30-34-54-52(35-42)50-21-11-12-22-53(50)61(54)44-31-27-39(28-32-44)38-23-25-41(26-24-38)56-58-55(40-15-5-2-6-16-40)59-57(60-56)43-29-33-49-47-19-8-7-17-45(47)46-18-9-10-20-48(46)51(49)36-43;1-54(2)47-19-11-9-17-43(47)44-31-27-41(34-48(44)54)53-56-51(38-15-7-4-8-16-38)55-52(57-53)39-23-21-36(22-24-39)37-25-29-42(30-26-37)58-49-20-12-10-18-45(49)46-33-40(28-32-50(46)58)35-13-5-3-6-14-35/h1-36H;3-34H,1-2H3. The van der Waals surface area contributed by atoms with E-state index in [1.54, 1.807) is 0 Å². The minimum atomic E-state index is -0.121. The second kappa shape index (κ2) is 29.0. The Hall–Kier alpha value is -15.6. The third kappa shape index (κ3) is 12.5. The van der Waals surface area contributed by atoms with Crippen LogP contribution in [0.15, 0.2) is 413 Å². The fourth-order valence-corrected chi connectivity index (χ4v) is 17.9. The molecule has 0 fully saturated rings. The first-order valence-electron chi connectivity index (χ1n) is 40.5. The smallest absolute Gasteiger partial charge is 0.164 e. The molecule has 4 aromatic heterocycles. The summed E-state index contributed by atoms with van der Waals surface area (Å²) in [5.74, 6) is 3.89. The van der Waals surface area contributed by atoms with E-state index in [9.17, 15) is 0 Å². The van der Waals surface area contributed by atoms with Crippen LogP contribution in [0.25, 0.3) is 211 Å². The van der Waals surface area contributed by atoms with Gasteiger partial charge in [-0.05, 0) is 172 Å². The fourth-order valence-electron chi connectivity index (χ4n) is 17.9. The Morgan fingerprint density at radius 1 is 0.168 bits per heavy atom. The van der Waals surface area contributed by atoms with E-state index in [4.69, 9.17) is 29.9 Å². The molecule has 8 heteroatoms. The molecule has 0 saturated carbocycles. The van der Waals surface area contributed by atoms with Crippen LogP contribution in [0.2, 0.25) is 0 Å². The Morgan fingerprint density at radius 3 is 0.857 bits per heavy atom. The molecular formula is C111H74N8. The highest BCUT2D eigenvalue weighted by atomic mass is 15.0. The minimum absolute atomic E-state index is 0.121. The van der Waals surface area contributed by atoms with Gasteiger partial charge in [0.1, 0.15) is 0 Å². The molecule has 22 aromatic rings. The van der Waals surface area contributed by atoms with Crippen molar-refractivity contribution in [3.8, 4) is 135 Å². The van der Waals surface area contributed by atoms with Crippen molar-refractivity contribution in [2.45, 2.75) is 19.3 Å². The third-order valence-electron chi connectivity index (χ3n) is 23.9. The van der Waals surface area contributed by atoms with Crippen molar-refractivity contribution in [1.82, 2.24) is 39.0 Å². The number of fused-ring (bicyclic) bond motifs is 15. The zero-order valence-corrected chi connectivity index (χ0v) is 65.3. The number of para-hydroxylation sites is 2. The Kier molecular flexibility index (Phi) is 17.1. The van der Waals surface area contributed by atoms with Gasteiger partial charge in [-0.2, -0.15) is 0 Å². The van der Waals surface area contributed by atoms with Crippen molar-refractivity contribution in [3.63, 3.8) is 0 Å². The normalized spacial score (nSPS) is 12.2. The zero-order valence-electron chi connectivity index (χ0n) is 65.3. The van der Waals surface area contributed by atoms with Crippen molar-refractivity contribution >= 4 is 75.9 Å². The number of aromatic nitrogens is 8. The first kappa shape index (κ1) is 70.0. The second-order valence-corrected chi connectivity index (χ2v) is 31.3. The van der Waals surface area contributed by atoms with Gasteiger partial charge < -0.3 is 9.13 Å². The van der Waals surface area contributed by atoms with Gasteiger partial charge in [0, 0.05) is 71.7 Å². The molecule has 23 rings (SSSR count). The van der Waals surface area contributed by atoms with Crippen LogP contribution in [0.5, 0.6) is 0 Å². The van der Waals surface area contributed by atoms with Crippen LogP contribution < -0.4 is 0 Å². The lowest BCUT2D eigenvalue weighted by atomic mass is 9.82. The topological polar surface area (TPSA) is 87.2 Å². The number of hydrogen-bond donors (Lipinski definition) is 0. The number of benzene rings is 18. The lowest BCUT2D eigenvalue weighted by molar-refractivity contribution is 0.660. The van der Waals surface area contributed by atoms with Gasteiger partial charge in [-0.15, -0.1) is 0 Å². The quantitative estimate of drug-likeness (QED) is 0.113. The molecule has 0 amide bonds. The van der Waals surface area contributed by atoms with Crippen molar-refractivity contribution in [1.29, 1.82) is 0 Å². The average Bonchev–Trinajstić information content (AvgIpc) is 1.49. The number of rotatable bonds is 12. The van der Waals surface area contributed by atoms with Crippen molar-refractivity contribution in [2.75, 3.05) is 0 Å². The van der Waals surface area contributed by atoms with Crippen LogP contribution in [0, 0.1) is 0 Å². The molecule has 4 heterocycles. The van der Waals surface area contributed by atoms with Crippen LogP contribution >= 0.6 is 0 Å². The molecule has 0 unspecified atom stereocenters. The van der Waals surface area contributed by atoms with Crippen LogP contribution in [-0.4, -0.2) is 39.0 Å². The molecule has 0 spiro atoms. The summed E-state index contributed by atoms with van der Waals surface area (Å²) in [5, 5.41) is 12.3. The maximum Gasteiger partial charge on any atom is 0.164 e. The SMILES string of the molecule is CC1(C)c2ccccc2-c2ccc(-c3nc(-c4ccccc4)nc(-c4ccc(-c5ccc(-n6c7ccccc7c7cc(-c8ccccc8)ccc76)cc5)cc4)n3)cc21.c1ccc(-c2ccc3c(c2)c2ccccc2n3-c2ccc(-c3ccc(-c4nc(-c5ccccc5)nc(-c5ccc6c7ccccc7c7ccccc7c6c5)n4)cc3)cc2)cc1. The van der Waals surface area contributed by atoms with E-state index in [1.165, 1.54) is 120 Å². The zero-order chi connectivity index (χ0) is 79.1. The van der Waals surface area contributed by atoms with Gasteiger partial charge in [0.15, 0.2) is 34.9 Å². The van der Waals surface area contributed by atoms with E-state index in [0.29, 0.717) is 34.9 Å². The van der Waals surface area contributed by atoms with Crippen LogP contribution in [-0.2, 0) is 5.41 Å². The molecule has 0 atom stereocenters. The molecule has 0 radical (unpaired) electrons. The van der Waals surface area contributed by atoms with E-state index in [-0.39, 0.29) is 5.41 Å². The molecule has 0 aliphatic heterocycles. The van der Waals surface area contributed by atoms with Gasteiger partial charge in [0.25, 0.3) is 0 Å². The van der Waals surface area contributed by atoms with Gasteiger partial charge in [-0.3, -0.25) is 0 Å². The summed E-state index contributed by atoms with van der Waals surface area (Å²) in [6, 6.07) is 147. The summed E-state index contributed by atoms with van der Waals surface area (Å²) < 4.78 is 4.74. The first-order chi connectivity index (χ1) is 58.7. The Labute approximate surface area is 688 Å². The summed E-state index contributed by atoms with van der Waals surface area (Å²) >= 11 is 0. The Bertz CT molecular complexity index is 7650. The Morgan fingerprint density at radius 2 is 0.429 bits per heavy atom. The third-order valence-corrected chi connectivity index (χ3v) is 23.9. The highest BCUT2D eigenvalue weighted by molar-refractivity contribution is 6.26. The Balaban J connectivity index is 0.000000143. The van der Waals surface area contributed by atoms with Gasteiger partial charge in [0.05, 0.1) is 22.1 Å². The van der Waals surface area contributed by atoms with Crippen LogP contribution in [0.3, 0.4) is 0 Å². The summed E-state index contributed by atoms with van der Waals surface area (Å²) in [6.45, 7) is 4.60. The lowest BCUT2D eigenvalue weighted by Gasteiger charge is -2.21. The molecule has 0 N–H and O–H groups in total. The van der Waals surface area contributed by atoms with Gasteiger partial charge >= 0.3 is 0 Å². The molecule has 558 valence electrons. The maximum atomic E-state index is 5.14. The van der Waals surface area contributed by atoms with Gasteiger partial charge in [-0.1, -0.05) is 354 Å². The largest absolute Gasteiger partial charge is 0.309 e.